The Morgan fingerprint density at radius 1 is 1.00 bits per heavy atom. The van der Waals surface area contributed by atoms with Gasteiger partial charge < -0.3 is 10.2 Å². The summed E-state index contributed by atoms with van der Waals surface area (Å²) in [4.78, 5) is 20.3. The van der Waals surface area contributed by atoms with Crippen molar-refractivity contribution in [1.82, 2.24) is 5.32 Å². The van der Waals surface area contributed by atoms with Gasteiger partial charge in [0.25, 0.3) is 0 Å². The van der Waals surface area contributed by atoms with Crippen LogP contribution in [0.5, 0.6) is 0 Å². The second kappa shape index (κ2) is 15.1. The highest BCUT2D eigenvalue weighted by molar-refractivity contribution is 7.47. The number of amides is 1. The van der Waals surface area contributed by atoms with Crippen LogP contribution in [0.4, 0.5) is 0 Å². The first-order valence-electron chi connectivity index (χ1n) is 8.59. The normalized spacial score (nSPS) is 13.7. The third-order valence-corrected chi connectivity index (χ3v) is 4.22. The van der Waals surface area contributed by atoms with E-state index in [1.54, 1.807) is 0 Å². The molecule has 0 aliphatic rings. The molecule has 0 radical (unpaired) electrons. The van der Waals surface area contributed by atoms with E-state index in [0.717, 1.165) is 12.8 Å². The molecule has 3 N–H and O–H groups in total. The first kappa shape index (κ1) is 22.5. The van der Waals surface area contributed by atoms with Crippen molar-refractivity contribution >= 4 is 13.7 Å². The highest BCUT2D eigenvalue weighted by atomic mass is 31.2. The van der Waals surface area contributed by atoms with Crippen molar-refractivity contribution in [2.24, 2.45) is 0 Å². The number of rotatable bonds is 16. The molecule has 0 rings (SSSR count). The second-order valence-electron chi connectivity index (χ2n) is 5.67. The molecule has 0 aliphatic heterocycles. The van der Waals surface area contributed by atoms with Gasteiger partial charge >= 0.3 is 7.82 Å². The van der Waals surface area contributed by atoms with E-state index in [0.29, 0.717) is 19.4 Å². The van der Waals surface area contributed by atoms with Crippen LogP contribution in [0.1, 0.15) is 77.6 Å². The maximum Gasteiger partial charge on any atom is 0.499 e. The number of carbonyl (C=O) groups excluding carboxylic acids is 1. The van der Waals surface area contributed by atoms with Crippen molar-refractivity contribution < 1.29 is 28.7 Å². The van der Waals surface area contributed by atoms with Crippen molar-refractivity contribution in [3.8, 4) is 0 Å². The summed E-state index contributed by atoms with van der Waals surface area (Å²) >= 11 is 0. The van der Waals surface area contributed by atoms with E-state index in [4.69, 9.17) is 10.2 Å². The second-order valence-corrected chi connectivity index (χ2v) is 7.02. The Morgan fingerprint density at radius 3 is 2.13 bits per heavy atom. The summed E-state index contributed by atoms with van der Waals surface area (Å²) in [5.74, 6) is -0.0152. The number of phosphoric acid groups is 1. The Hall–Kier alpha value is -0.460. The number of hydrogen-bond acceptors (Lipinski definition) is 5. The van der Waals surface area contributed by atoms with Gasteiger partial charge in [-0.15, -0.1) is 4.67 Å². The summed E-state index contributed by atoms with van der Waals surface area (Å²) in [7, 11) is -4.33. The van der Waals surface area contributed by atoms with Crippen LogP contribution >= 0.6 is 7.82 Å². The lowest BCUT2D eigenvalue weighted by Gasteiger charge is -2.08. The van der Waals surface area contributed by atoms with E-state index in [9.17, 15) is 9.36 Å². The molecule has 8 heteroatoms. The molecule has 1 unspecified atom stereocenters. The van der Waals surface area contributed by atoms with Crippen molar-refractivity contribution in [2.75, 3.05) is 13.2 Å². The zero-order valence-electron chi connectivity index (χ0n) is 14.2. The van der Waals surface area contributed by atoms with E-state index < -0.39 is 7.82 Å². The predicted octanol–water partition coefficient (Wildman–Crippen LogP) is 4.02. The molecular formula is C15H32NO6P. The smallest absolute Gasteiger partial charge is 0.356 e. The molecule has 0 spiro atoms. The molecule has 0 saturated carbocycles. The van der Waals surface area contributed by atoms with E-state index in [2.05, 4.69) is 21.4 Å². The maximum atomic E-state index is 11.5. The molecule has 7 nitrogen and oxygen atoms in total. The molecule has 1 atom stereocenters. The van der Waals surface area contributed by atoms with E-state index in [1.807, 2.05) is 0 Å². The molecule has 0 aromatic heterocycles. The number of phosphoric ester groups is 1. The molecule has 23 heavy (non-hydrogen) atoms. The maximum absolute atomic E-state index is 11.5. The average molecular weight is 353 g/mol. The van der Waals surface area contributed by atoms with Gasteiger partial charge in [-0.2, -0.15) is 0 Å². The summed E-state index contributed by atoms with van der Waals surface area (Å²) in [5, 5.41) is 10.8. The number of nitrogens with one attached hydrogen (secondary N) is 1. The Morgan fingerprint density at radius 2 is 1.57 bits per heavy atom. The molecule has 0 heterocycles. The summed E-state index contributed by atoms with van der Waals surface area (Å²) in [6, 6.07) is 0. The van der Waals surface area contributed by atoms with Crippen LogP contribution in [-0.4, -0.2) is 29.2 Å². The Kier molecular flexibility index (Phi) is 14.8. The van der Waals surface area contributed by atoms with Crippen LogP contribution in [0.15, 0.2) is 0 Å². The monoisotopic (exact) mass is 353 g/mol. The van der Waals surface area contributed by atoms with Crippen molar-refractivity contribution in [2.45, 2.75) is 77.6 Å². The fraction of sp³-hybridized carbons (Fsp3) is 0.933. The summed E-state index contributed by atoms with van der Waals surface area (Å²) in [5.41, 5.74) is 0. The van der Waals surface area contributed by atoms with Crippen LogP contribution in [0.2, 0.25) is 0 Å². The Labute approximate surface area is 139 Å². The van der Waals surface area contributed by atoms with Gasteiger partial charge in [-0.3, -0.25) is 9.32 Å². The van der Waals surface area contributed by atoms with Crippen LogP contribution < -0.4 is 5.32 Å². The summed E-state index contributed by atoms with van der Waals surface area (Å²) < 4.78 is 18.4. The minimum absolute atomic E-state index is 0.0152. The third-order valence-electron chi connectivity index (χ3n) is 3.51. The van der Waals surface area contributed by atoms with Gasteiger partial charge in [0.2, 0.25) is 5.91 Å². The molecule has 0 aliphatic carbocycles. The lowest BCUT2D eigenvalue weighted by Crippen LogP contribution is -2.24. The van der Waals surface area contributed by atoms with Gasteiger partial charge in [-0.25, -0.2) is 9.82 Å². The Balaban J connectivity index is 3.30. The average Bonchev–Trinajstić information content (AvgIpc) is 2.53. The highest BCUT2D eigenvalue weighted by Crippen LogP contribution is 2.41. The predicted molar refractivity (Wildman–Crippen MR) is 89.0 cm³/mol. The molecule has 0 saturated heterocycles. The quantitative estimate of drug-likeness (QED) is 0.167. The molecule has 1 amide bonds. The van der Waals surface area contributed by atoms with Gasteiger partial charge in [0, 0.05) is 13.0 Å². The van der Waals surface area contributed by atoms with Gasteiger partial charge in [-0.05, 0) is 12.8 Å². The van der Waals surface area contributed by atoms with Crippen LogP contribution in [0.3, 0.4) is 0 Å². The lowest BCUT2D eigenvalue weighted by molar-refractivity contribution is -0.162. The van der Waals surface area contributed by atoms with Gasteiger partial charge in [0.15, 0.2) is 0 Å². The molecule has 0 fully saturated rings. The zero-order chi connectivity index (χ0) is 17.4. The fourth-order valence-electron chi connectivity index (χ4n) is 2.19. The summed E-state index contributed by atoms with van der Waals surface area (Å²) in [6.07, 6.45) is 11.8. The van der Waals surface area contributed by atoms with Gasteiger partial charge in [0.05, 0.1) is 6.61 Å². The van der Waals surface area contributed by atoms with E-state index >= 15 is 0 Å². The van der Waals surface area contributed by atoms with E-state index in [1.165, 1.54) is 44.9 Å². The zero-order valence-corrected chi connectivity index (χ0v) is 15.1. The van der Waals surface area contributed by atoms with Crippen LogP contribution in [-0.2, 0) is 18.6 Å². The molecular weight excluding hydrogens is 321 g/mol. The first-order valence-corrected chi connectivity index (χ1v) is 10.1. The minimum atomic E-state index is -4.33. The van der Waals surface area contributed by atoms with Crippen molar-refractivity contribution in [3.05, 3.63) is 0 Å². The van der Waals surface area contributed by atoms with Crippen molar-refractivity contribution in [1.29, 1.82) is 0 Å². The highest BCUT2D eigenvalue weighted by Gasteiger charge is 2.19. The standard InChI is InChI=1S/C15H32NO6P/c1-2-3-4-5-6-7-8-9-10-12-15(17)16-13-11-14-21-23(19,20)22-18/h18H,2-14H2,1H3,(H,16,17)(H,19,20). The van der Waals surface area contributed by atoms with Crippen LogP contribution in [0.25, 0.3) is 0 Å². The third kappa shape index (κ3) is 16.2. The first-order chi connectivity index (χ1) is 11.0. The fourth-order valence-corrected chi connectivity index (χ4v) is 2.60. The topological polar surface area (TPSA) is 105 Å². The van der Waals surface area contributed by atoms with Crippen molar-refractivity contribution in [3.63, 3.8) is 0 Å². The minimum Gasteiger partial charge on any atom is -0.356 e. The Bertz CT molecular complexity index is 340. The number of hydrogen-bond donors (Lipinski definition) is 3. The summed E-state index contributed by atoms with van der Waals surface area (Å²) in [6.45, 7) is 2.50. The lowest BCUT2D eigenvalue weighted by atomic mass is 10.1. The van der Waals surface area contributed by atoms with E-state index in [-0.39, 0.29) is 12.5 Å². The molecule has 0 bridgehead atoms. The SMILES string of the molecule is CCCCCCCCCCCC(=O)NCCCOP(=O)(O)OO. The molecule has 138 valence electrons. The molecule has 0 aromatic rings. The molecule has 0 aromatic carbocycles. The largest absolute Gasteiger partial charge is 0.499 e. The number of unbranched alkanes of at least 4 members (excludes halogenated alkanes) is 8. The van der Waals surface area contributed by atoms with Gasteiger partial charge in [0.1, 0.15) is 0 Å². The van der Waals surface area contributed by atoms with Gasteiger partial charge in [-0.1, -0.05) is 58.3 Å². The van der Waals surface area contributed by atoms with Crippen LogP contribution in [0, 0.1) is 0 Å². The number of carbonyl (C=O) groups is 1.